The number of H-pyrrole nitrogens is 1. The molecule has 0 saturated carbocycles. The summed E-state index contributed by atoms with van der Waals surface area (Å²) in [4.78, 5) is 29.1. The average molecular weight is 446 g/mol. The second kappa shape index (κ2) is 8.05. The molecule has 0 aliphatic heterocycles. The Morgan fingerprint density at radius 2 is 2.00 bits per heavy atom. The van der Waals surface area contributed by atoms with Crippen molar-refractivity contribution in [3.05, 3.63) is 70.8 Å². The fourth-order valence-corrected chi connectivity index (χ4v) is 4.07. The molecule has 3 heterocycles. The molecular weight excluding hydrogens is 426 g/mol. The van der Waals surface area contributed by atoms with Crippen LogP contribution in [0.2, 0.25) is 5.02 Å². The highest BCUT2D eigenvalue weighted by molar-refractivity contribution is 6.33. The monoisotopic (exact) mass is 445 g/mol. The highest BCUT2D eigenvalue weighted by Gasteiger charge is 2.14. The molecule has 0 saturated heterocycles. The van der Waals surface area contributed by atoms with E-state index >= 15 is 0 Å². The van der Waals surface area contributed by atoms with Crippen molar-refractivity contribution in [2.75, 3.05) is 5.32 Å². The third-order valence-corrected chi connectivity index (χ3v) is 5.81. The Bertz CT molecular complexity index is 1470. The van der Waals surface area contributed by atoms with Crippen LogP contribution in [-0.4, -0.2) is 35.5 Å². The Morgan fingerprint density at radius 3 is 2.84 bits per heavy atom. The number of rotatable bonds is 5. The first-order valence-electron chi connectivity index (χ1n) is 10.2. The zero-order chi connectivity index (χ0) is 22.2. The number of amides is 1. The summed E-state index contributed by atoms with van der Waals surface area (Å²) in [5.41, 5.74) is 5.98. The minimum absolute atomic E-state index is 0.0762. The van der Waals surface area contributed by atoms with E-state index in [-0.39, 0.29) is 5.91 Å². The van der Waals surface area contributed by atoms with Gasteiger partial charge in [-0.2, -0.15) is 10.1 Å². The van der Waals surface area contributed by atoms with E-state index in [1.54, 1.807) is 4.52 Å². The maximum absolute atomic E-state index is 12.6. The van der Waals surface area contributed by atoms with Gasteiger partial charge in [0.15, 0.2) is 0 Å². The molecule has 0 unspecified atom stereocenters. The highest BCUT2D eigenvalue weighted by atomic mass is 35.5. The number of aromatic amines is 1. The summed E-state index contributed by atoms with van der Waals surface area (Å²) < 4.78 is 1.70. The molecule has 8 nitrogen and oxygen atoms in total. The van der Waals surface area contributed by atoms with Gasteiger partial charge < -0.3 is 10.3 Å². The lowest BCUT2D eigenvalue weighted by Gasteiger charge is -2.10. The number of hydrogen-bond donors (Lipinski definition) is 2. The van der Waals surface area contributed by atoms with E-state index < -0.39 is 0 Å². The Hall–Kier alpha value is -3.78. The molecule has 9 heteroatoms. The predicted molar refractivity (Wildman–Crippen MR) is 124 cm³/mol. The van der Waals surface area contributed by atoms with E-state index in [9.17, 15) is 4.79 Å². The molecule has 0 aliphatic carbocycles. The van der Waals surface area contributed by atoms with Crippen molar-refractivity contribution in [3.8, 4) is 11.4 Å². The fraction of sp³-hybridized carbons (Fsp3) is 0.174. The van der Waals surface area contributed by atoms with Gasteiger partial charge >= 0.3 is 0 Å². The molecule has 0 atom stereocenters. The van der Waals surface area contributed by atoms with E-state index in [1.165, 1.54) is 6.33 Å². The normalized spacial score (nSPS) is 11.3. The summed E-state index contributed by atoms with van der Waals surface area (Å²) in [6.45, 7) is 3.89. The number of anilines is 1. The van der Waals surface area contributed by atoms with Crippen molar-refractivity contribution in [1.29, 1.82) is 0 Å². The standard InChI is InChI=1S/C23H20ClN7O/c1-13-16(14(2)31-23(27-13)25-12-26-31)8-10-21(32)28-15-7-9-19-20(11-15)30-22(29-19)17-5-3-4-6-18(17)24/h3-7,9,11-12H,8,10H2,1-2H3,(H,28,32)(H,29,30). The van der Waals surface area contributed by atoms with E-state index in [2.05, 4.69) is 30.4 Å². The van der Waals surface area contributed by atoms with Gasteiger partial charge in [-0.25, -0.2) is 14.5 Å². The van der Waals surface area contributed by atoms with Crippen LogP contribution in [0, 0.1) is 13.8 Å². The first-order chi connectivity index (χ1) is 15.5. The fourth-order valence-electron chi connectivity index (χ4n) is 3.85. The number of nitrogens with zero attached hydrogens (tertiary/aromatic N) is 5. The third-order valence-electron chi connectivity index (χ3n) is 5.49. The average Bonchev–Trinajstić information content (AvgIpc) is 3.40. The van der Waals surface area contributed by atoms with Gasteiger partial charge in [0.2, 0.25) is 5.91 Å². The molecule has 1 amide bonds. The molecule has 0 bridgehead atoms. The van der Waals surface area contributed by atoms with Crippen LogP contribution in [0.4, 0.5) is 5.69 Å². The number of carbonyl (C=O) groups excluding carboxylic acids is 1. The van der Waals surface area contributed by atoms with Crippen LogP contribution >= 0.6 is 11.6 Å². The first-order valence-corrected chi connectivity index (χ1v) is 10.6. The predicted octanol–water partition coefficient (Wildman–Crippen LogP) is 4.51. The Morgan fingerprint density at radius 1 is 1.16 bits per heavy atom. The summed E-state index contributed by atoms with van der Waals surface area (Å²) >= 11 is 6.29. The van der Waals surface area contributed by atoms with Crippen molar-refractivity contribution >= 4 is 40.0 Å². The molecule has 5 rings (SSSR count). The molecular formula is C23H20ClN7O. The van der Waals surface area contributed by atoms with Gasteiger partial charge in [0.1, 0.15) is 12.2 Å². The number of imidazole rings is 1. The van der Waals surface area contributed by atoms with Gasteiger partial charge in [0.05, 0.1) is 16.1 Å². The molecule has 32 heavy (non-hydrogen) atoms. The van der Waals surface area contributed by atoms with Crippen molar-refractivity contribution in [1.82, 2.24) is 29.5 Å². The minimum atomic E-state index is -0.0762. The largest absolute Gasteiger partial charge is 0.338 e. The number of fused-ring (bicyclic) bond motifs is 2. The summed E-state index contributed by atoms with van der Waals surface area (Å²) in [5, 5.41) is 7.79. The molecule has 2 N–H and O–H groups in total. The Labute approximate surface area is 188 Å². The number of nitrogens with one attached hydrogen (secondary N) is 2. The van der Waals surface area contributed by atoms with Gasteiger partial charge in [0, 0.05) is 29.1 Å². The van der Waals surface area contributed by atoms with Gasteiger partial charge in [-0.15, -0.1) is 0 Å². The zero-order valence-corrected chi connectivity index (χ0v) is 18.3. The number of aryl methyl sites for hydroxylation is 2. The zero-order valence-electron chi connectivity index (χ0n) is 17.6. The SMILES string of the molecule is Cc1nc2ncnn2c(C)c1CCC(=O)Nc1ccc2nc(-c3ccccc3Cl)[nH]c2c1. The van der Waals surface area contributed by atoms with E-state index in [0.29, 0.717) is 35.2 Å². The van der Waals surface area contributed by atoms with Gasteiger partial charge in [0.25, 0.3) is 5.78 Å². The van der Waals surface area contributed by atoms with Crippen molar-refractivity contribution in [3.63, 3.8) is 0 Å². The van der Waals surface area contributed by atoms with Crippen molar-refractivity contribution < 1.29 is 4.79 Å². The minimum Gasteiger partial charge on any atom is -0.338 e. The summed E-state index contributed by atoms with van der Waals surface area (Å²) in [7, 11) is 0. The lowest BCUT2D eigenvalue weighted by atomic mass is 10.1. The van der Waals surface area contributed by atoms with Crippen LogP contribution in [0.3, 0.4) is 0 Å². The van der Waals surface area contributed by atoms with Crippen molar-refractivity contribution in [2.45, 2.75) is 26.7 Å². The lowest BCUT2D eigenvalue weighted by molar-refractivity contribution is -0.116. The molecule has 0 spiro atoms. The van der Waals surface area contributed by atoms with Crippen LogP contribution in [0.15, 0.2) is 48.8 Å². The Balaban J connectivity index is 1.31. The number of carbonyl (C=O) groups is 1. The van der Waals surface area contributed by atoms with E-state index in [1.807, 2.05) is 56.3 Å². The van der Waals surface area contributed by atoms with Crippen LogP contribution in [0.25, 0.3) is 28.2 Å². The number of benzene rings is 2. The van der Waals surface area contributed by atoms with E-state index in [0.717, 1.165) is 33.5 Å². The molecule has 5 aromatic rings. The molecule has 2 aromatic carbocycles. The molecule has 0 fully saturated rings. The third kappa shape index (κ3) is 3.69. The van der Waals surface area contributed by atoms with Crippen LogP contribution in [-0.2, 0) is 11.2 Å². The molecule has 3 aromatic heterocycles. The maximum Gasteiger partial charge on any atom is 0.252 e. The number of aromatic nitrogens is 6. The summed E-state index contributed by atoms with van der Waals surface area (Å²) in [5.74, 6) is 1.18. The molecule has 0 radical (unpaired) electrons. The lowest BCUT2D eigenvalue weighted by Crippen LogP contribution is -2.14. The second-order valence-corrected chi connectivity index (χ2v) is 7.99. The van der Waals surface area contributed by atoms with Crippen molar-refractivity contribution in [2.24, 2.45) is 0 Å². The second-order valence-electron chi connectivity index (χ2n) is 7.58. The van der Waals surface area contributed by atoms with Gasteiger partial charge in [-0.1, -0.05) is 23.7 Å². The summed E-state index contributed by atoms with van der Waals surface area (Å²) in [6.07, 6.45) is 2.37. The number of halogens is 1. The smallest absolute Gasteiger partial charge is 0.252 e. The van der Waals surface area contributed by atoms with Crippen LogP contribution in [0.5, 0.6) is 0 Å². The first kappa shape index (κ1) is 20.1. The number of hydrogen-bond acceptors (Lipinski definition) is 5. The van der Waals surface area contributed by atoms with E-state index in [4.69, 9.17) is 11.6 Å². The molecule has 0 aliphatic rings. The summed E-state index contributed by atoms with van der Waals surface area (Å²) in [6, 6.07) is 13.1. The molecule has 160 valence electrons. The maximum atomic E-state index is 12.6. The van der Waals surface area contributed by atoms with Crippen LogP contribution in [0.1, 0.15) is 23.4 Å². The topological polar surface area (TPSA) is 101 Å². The van der Waals surface area contributed by atoms with Gasteiger partial charge in [-0.3, -0.25) is 4.79 Å². The van der Waals surface area contributed by atoms with Crippen LogP contribution < -0.4 is 5.32 Å². The van der Waals surface area contributed by atoms with Gasteiger partial charge in [-0.05, 0) is 56.2 Å². The highest BCUT2D eigenvalue weighted by Crippen LogP contribution is 2.28. The quantitative estimate of drug-likeness (QED) is 0.414. The Kier molecular flexibility index (Phi) is 5.07.